The summed E-state index contributed by atoms with van der Waals surface area (Å²) in [5.41, 5.74) is 3.38. The molecule has 0 saturated heterocycles. The zero-order valence-electron chi connectivity index (χ0n) is 12.2. The second-order valence-electron chi connectivity index (χ2n) is 5.35. The van der Waals surface area contributed by atoms with Crippen LogP contribution in [0.5, 0.6) is 0 Å². The van der Waals surface area contributed by atoms with Crippen LogP contribution in [0.4, 0.5) is 17.1 Å². The second-order valence-corrected chi connectivity index (χ2v) is 5.35. The van der Waals surface area contributed by atoms with Gasteiger partial charge in [0.05, 0.1) is 17.8 Å². The number of hydrogen-bond donors (Lipinski definition) is 3. The number of fused-ring (bicyclic) bond motifs is 1. The van der Waals surface area contributed by atoms with Crippen molar-refractivity contribution < 1.29 is 9.59 Å². The van der Waals surface area contributed by atoms with Crippen LogP contribution in [0.1, 0.15) is 12.0 Å². The summed E-state index contributed by atoms with van der Waals surface area (Å²) in [5, 5.41) is 8.72. The highest BCUT2D eigenvalue weighted by Crippen LogP contribution is 2.26. The van der Waals surface area contributed by atoms with Crippen molar-refractivity contribution in [2.75, 3.05) is 16.0 Å². The van der Waals surface area contributed by atoms with Crippen molar-refractivity contribution in [3.63, 3.8) is 0 Å². The first-order valence-electron chi connectivity index (χ1n) is 7.15. The van der Waals surface area contributed by atoms with E-state index in [9.17, 15) is 9.59 Å². The normalized spacial score (nSPS) is 16.2. The van der Waals surface area contributed by atoms with Gasteiger partial charge in [-0.3, -0.25) is 9.59 Å². The van der Waals surface area contributed by atoms with Gasteiger partial charge in [0.15, 0.2) is 0 Å². The molecule has 0 saturated carbocycles. The third-order valence-corrected chi connectivity index (χ3v) is 3.52. The molecule has 112 valence electrons. The van der Waals surface area contributed by atoms with E-state index in [1.807, 2.05) is 55.5 Å². The molecule has 0 aromatic heterocycles. The Morgan fingerprint density at radius 1 is 1.14 bits per heavy atom. The molecular formula is C17H17N3O2. The Bertz CT molecular complexity index is 727. The number of hydrogen-bond acceptors (Lipinski definition) is 3. The first-order valence-corrected chi connectivity index (χ1v) is 7.15. The molecule has 1 atom stereocenters. The van der Waals surface area contributed by atoms with E-state index in [0.717, 1.165) is 22.6 Å². The molecule has 0 spiro atoms. The summed E-state index contributed by atoms with van der Waals surface area (Å²) in [6.07, 6.45) is 0.0775. The zero-order chi connectivity index (χ0) is 15.5. The molecule has 1 unspecified atom stereocenters. The SMILES string of the molecule is Cc1cccc(NC(=O)CC2Nc3ccccc3NC2=O)c1. The molecule has 0 aliphatic carbocycles. The fourth-order valence-corrected chi connectivity index (χ4v) is 2.46. The molecule has 2 aromatic carbocycles. The predicted octanol–water partition coefficient (Wildman–Crippen LogP) is 2.76. The fraction of sp³-hybridized carbons (Fsp3) is 0.176. The second kappa shape index (κ2) is 5.89. The van der Waals surface area contributed by atoms with E-state index >= 15 is 0 Å². The molecule has 2 amide bonds. The monoisotopic (exact) mass is 295 g/mol. The van der Waals surface area contributed by atoms with Crippen LogP contribution in [0, 0.1) is 6.92 Å². The van der Waals surface area contributed by atoms with E-state index in [1.54, 1.807) is 0 Å². The van der Waals surface area contributed by atoms with Gasteiger partial charge in [0.1, 0.15) is 6.04 Å². The number of benzene rings is 2. The molecule has 3 rings (SSSR count). The van der Waals surface area contributed by atoms with Crippen LogP contribution < -0.4 is 16.0 Å². The van der Waals surface area contributed by atoms with Gasteiger partial charge in [-0.1, -0.05) is 24.3 Å². The average molecular weight is 295 g/mol. The molecule has 2 aromatic rings. The predicted molar refractivity (Wildman–Crippen MR) is 86.9 cm³/mol. The van der Waals surface area contributed by atoms with Gasteiger partial charge >= 0.3 is 0 Å². The van der Waals surface area contributed by atoms with Crippen LogP contribution in [0.15, 0.2) is 48.5 Å². The van der Waals surface area contributed by atoms with Crippen LogP contribution in [-0.4, -0.2) is 17.9 Å². The van der Waals surface area contributed by atoms with Gasteiger partial charge < -0.3 is 16.0 Å². The summed E-state index contributed by atoms with van der Waals surface area (Å²) >= 11 is 0. The Morgan fingerprint density at radius 2 is 1.91 bits per heavy atom. The maximum atomic E-state index is 12.1. The molecule has 0 fully saturated rings. The zero-order valence-corrected chi connectivity index (χ0v) is 12.2. The minimum Gasteiger partial charge on any atom is -0.372 e. The van der Waals surface area contributed by atoms with Crippen LogP contribution in [0.2, 0.25) is 0 Å². The number of nitrogens with one attached hydrogen (secondary N) is 3. The number of amides is 2. The molecule has 1 aliphatic rings. The molecule has 0 bridgehead atoms. The van der Waals surface area contributed by atoms with Crippen molar-refractivity contribution in [1.29, 1.82) is 0 Å². The lowest BCUT2D eigenvalue weighted by Crippen LogP contribution is -2.41. The van der Waals surface area contributed by atoms with E-state index in [2.05, 4.69) is 16.0 Å². The molecule has 0 radical (unpaired) electrons. The summed E-state index contributed by atoms with van der Waals surface area (Å²) in [7, 11) is 0. The highest BCUT2D eigenvalue weighted by Gasteiger charge is 2.27. The molecule has 22 heavy (non-hydrogen) atoms. The van der Waals surface area contributed by atoms with Gasteiger partial charge in [0.25, 0.3) is 0 Å². The summed E-state index contributed by atoms with van der Waals surface area (Å²) in [5.74, 6) is -0.393. The fourth-order valence-electron chi connectivity index (χ4n) is 2.46. The van der Waals surface area contributed by atoms with Crippen LogP contribution in [-0.2, 0) is 9.59 Å². The Labute approximate surface area is 128 Å². The van der Waals surface area contributed by atoms with Crippen molar-refractivity contribution in [3.8, 4) is 0 Å². The number of aryl methyl sites for hydroxylation is 1. The van der Waals surface area contributed by atoms with Crippen LogP contribution in [0.3, 0.4) is 0 Å². The first kappa shape index (κ1) is 14.1. The third-order valence-electron chi connectivity index (χ3n) is 3.52. The molecule has 1 aliphatic heterocycles. The molecule has 3 N–H and O–H groups in total. The highest BCUT2D eigenvalue weighted by atomic mass is 16.2. The van der Waals surface area contributed by atoms with Crippen molar-refractivity contribution in [2.24, 2.45) is 0 Å². The number of anilines is 3. The lowest BCUT2D eigenvalue weighted by molar-refractivity contribution is -0.122. The summed E-state index contributed by atoms with van der Waals surface area (Å²) in [6, 6.07) is 14.4. The lowest BCUT2D eigenvalue weighted by Gasteiger charge is -2.26. The standard InChI is InChI=1S/C17H17N3O2/c1-11-5-4-6-12(9-11)18-16(21)10-15-17(22)20-14-8-3-2-7-13(14)19-15/h2-9,15,19H,10H2,1H3,(H,18,21)(H,20,22). The van der Waals surface area contributed by atoms with Crippen LogP contribution >= 0.6 is 0 Å². The number of carbonyl (C=O) groups excluding carboxylic acids is 2. The van der Waals surface area contributed by atoms with E-state index in [0.29, 0.717) is 0 Å². The Morgan fingerprint density at radius 3 is 2.68 bits per heavy atom. The van der Waals surface area contributed by atoms with Crippen molar-refractivity contribution in [1.82, 2.24) is 0 Å². The van der Waals surface area contributed by atoms with Crippen molar-refractivity contribution in [2.45, 2.75) is 19.4 Å². The van der Waals surface area contributed by atoms with E-state index in [1.165, 1.54) is 0 Å². The van der Waals surface area contributed by atoms with Crippen LogP contribution in [0.25, 0.3) is 0 Å². The average Bonchev–Trinajstić information content (AvgIpc) is 2.48. The molecule has 5 heteroatoms. The van der Waals surface area contributed by atoms with Gasteiger partial charge in [-0.2, -0.15) is 0 Å². The first-order chi connectivity index (χ1) is 10.6. The Hall–Kier alpha value is -2.82. The molecule has 1 heterocycles. The van der Waals surface area contributed by atoms with E-state index in [4.69, 9.17) is 0 Å². The minimum atomic E-state index is -0.570. The molecular weight excluding hydrogens is 278 g/mol. The number of para-hydroxylation sites is 2. The Kier molecular flexibility index (Phi) is 3.78. The molecule has 5 nitrogen and oxygen atoms in total. The highest BCUT2D eigenvalue weighted by molar-refractivity contribution is 6.06. The van der Waals surface area contributed by atoms with Gasteiger partial charge in [-0.25, -0.2) is 0 Å². The number of rotatable bonds is 3. The quantitative estimate of drug-likeness (QED) is 0.815. The van der Waals surface area contributed by atoms with Gasteiger partial charge in [0, 0.05) is 5.69 Å². The number of carbonyl (C=O) groups is 2. The minimum absolute atomic E-state index is 0.0775. The maximum absolute atomic E-state index is 12.1. The smallest absolute Gasteiger partial charge is 0.247 e. The van der Waals surface area contributed by atoms with E-state index in [-0.39, 0.29) is 18.2 Å². The van der Waals surface area contributed by atoms with Crippen molar-refractivity contribution in [3.05, 3.63) is 54.1 Å². The third kappa shape index (κ3) is 3.09. The van der Waals surface area contributed by atoms with Gasteiger partial charge in [-0.05, 0) is 36.8 Å². The largest absolute Gasteiger partial charge is 0.372 e. The van der Waals surface area contributed by atoms with Crippen molar-refractivity contribution >= 4 is 28.9 Å². The van der Waals surface area contributed by atoms with Gasteiger partial charge in [-0.15, -0.1) is 0 Å². The summed E-state index contributed by atoms with van der Waals surface area (Å²) < 4.78 is 0. The maximum Gasteiger partial charge on any atom is 0.247 e. The van der Waals surface area contributed by atoms with E-state index < -0.39 is 6.04 Å². The topological polar surface area (TPSA) is 70.2 Å². The lowest BCUT2D eigenvalue weighted by atomic mass is 10.1. The summed E-state index contributed by atoms with van der Waals surface area (Å²) in [4.78, 5) is 24.2. The van der Waals surface area contributed by atoms with Gasteiger partial charge in [0.2, 0.25) is 11.8 Å². The summed E-state index contributed by atoms with van der Waals surface area (Å²) in [6.45, 7) is 1.96. The Balaban J connectivity index is 1.66.